The Morgan fingerprint density at radius 1 is 1.00 bits per heavy atom. The molecular weight excluding hydrogens is 388 g/mol. The molecule has 1 fully saturated rings. The molecule has 0 saturated carbocycles. The van der Waals surface area contributed by atoms with Gasteiger partial charge in [0.15, 0.2) is 16.6 Å². The Bertz CT molecular complexity index is 1020. The number of piperazine rings is 1. The van der Waals surface area contributed by atoms with Crippen molar-refractivity contribution in [1.82, 2.24) is 9.88 Å². The minimum absolute atomic E-state index is 0.0206. The number of thiazole rings is 1. The summed E-state index contributed by atoms with van der Waals surface area (Å²) in [4.78, 5) is 21.5. The lowest BCUT2D eigenvalue weighted by atomic mass is 10.2. The number of nitrogens with one attached hydrogen (secondary N) is 1. The van der Waals surface area contributed by atoms with E-state index in [4.69, 9.17) is 9.47 Å². The second-order valence-electron chi connectivity index (χ2n) is 6.85. The predicted molar refractivity (Wildman–Crippen MR) is 113 cm³/mol. The highest BCUT2D eigenvalue weighted by molar-refractivity contribution is 7.14. The second kappa shape index (κ2) is 7.63. The van der Waals surface area contributed by atoms with Crippen molar-refractivity contribution in [2.75, 3.05) is 43.2 Å². The van der Waals surface area contributed by atoms with Crippen LogP contribution in [-0.4, -0.2) is 48.8 Å². The molecule has 8 heteroatoms. The van der Waals surface area contributed by atoms with Gasteiger partial charge < -0.3 is 24.6 Å². The van der Waals surface area contributed by atoms with Crippen LogP contribution in [0.5, 0.6) is 11.5 Å². The molecule has 2 aliphatic heterocycles. The summed E-state index contributed by atoms with van der Waals surface area (Å²) in [5.41, 5.74) is 2.52. The molecular formula is C21H20N4O3S. The van der Waals surface area contributed by atoms with Crippen molar-refractivity contribution < 1.29 is 14.3 Å². The van der Waals surface area contributed by atoms with Crippen LogP contribution in [0.1, 0.15) is 10.5 Å². The third-order valence-corrected chi connectivity index (χ3v) is 5.79. The highest BCUT2D eigenvalue weighted by Gasteiger charge is 2.24. The Balaban J connectivity index is 1.21. The number of carbonyl (C=O) groups is 1. The molecule has 1 N–H and O–H groups in total. The van der Waals surface area contributed by atoms with Crippen molar-refractivity contribution in [2.24, 2.45) is 0 Å². The average molecular weight is 408 g/mol. The largest absolute Gasteiger partial charge is 0.454 e. The summed E-state index contributed by atoms with van der Waals surface area (Å²) in [5, 5.41) is 5.72. The summed E-state index contributed by atoms with van der Waals surface area (Å²) in [7, 11) is 0. The number of rotatable bonds is 4. The molecule has 1 saturated heterocycles. The monoisotopic (exact) mass is 408 g/mol. The van der Waals surface area contributed by atoms with Crippen molar-refractivity contribution in [3.8, 4) is 11.5 Å². The van der Waals surface area contributed by atoms with E-state index in [2.05, 4.69) is 27.3 Å². The first-order valence-electron chi connectivity index (χ1n) is 9.48. The SMILES string of the molecule is O=C(c1csc(Nc2ccc3c(c2)OCO3)n1)N1CCN(c2ccccc2)CC1. The number of nitrogens with zero attached hydrogens (tertiary/aromatic N) is 3. The van der Waals surface area contributed by atoms with E-state index >= 15 is 0 Å². The van der Waals surface area contributed by atoms with Gasteiger partial charge in [0.05, 0.1) is 0 Å². The Morgan fingerprint density at radius 2 is 1.79 bits per heavy atom. The fourth-order valence-corrected chi connectivity index (χ4v) is 4.20. The van der Waals surface area contributed by atoms with Crippen LogP contribution < -0.4 is 19.7 Å². The predicted octanol–water partition coefficient (Wildman–Crippen LogP) is 3.58. The number of hydrogen-bond acceptors (Lipinski definition) is 7. The summed E-state index contributed by atoms with van der Waals surface area (Å²) in [6.45, 7) is 3.27. The van der Waals surface area contributed by atoms with Crippen molar-refractivity contribution >= 4 is 33.8 Å². The normalized spacial score (nSPS) is 15.4. The van der Waals surface area contributed by atoms with E-state index in [-0.39, 0.29) is 12.7 Å². The van der Waals surface area contributed by atoms with E-state index in [0.717, 1.165) is 24.5 Å². The van der Waals surface area contributed by atoms with Gasteiger partial charge in [0.1, 0.15) is 5.69 Å². The molecule has 148 valence electrons. The fourth-order valence-electron chi connectivity index (χ4n) is 3.50. The zero-order valence-electron chi connectivity index (χ0n) is 15.7. The van der Waals surface area contributed by atoms with E-state index in [1.807, 2.05) is 41.3 Å². The quantitative estimate of drug-likeness (QED) is 0.712. The summed E-state index contributed by atoms with van der Waals surface area (Å²) in [6.07, 6.45) is 0. The molecule has 0 spiro atoms. The molecule has 0 unspecified atom stereocenters. The van der Waals surface area contributed by atoms with Crippen LogP contribution in [0.4, 0.5) is 16.5 Å². The van der Waals surface area contributed by atoms with Crippen molar-refractivity contribution in [3.63, 3.8) is 0 Å². The standard InChI is InChI=1S/C21H20N4O3S/c26-20(25-10-8-24(9-11-25)16-4-2-1-3-5-16)17-13-29-21(23-17)22-15-6-7-18-19(12-15)28-14-27-18/h1-7,12-13H,8-11,14H2,(H,22,23). The molecule has 0 radical (unpaired) electrons. The minimum atomic E-state index is -0.0206. The highest BCUT2D eigenvalue weighted by Crippen LogP contribution is 2.35. The first-order valence-corrected chi connectivity index (χ1v) is 10.4. The lowest BCUT2D eigenvalue weighted by Gasteiger charge is -2.35. The second-order valence-corrected chi connectivity index (χ2v) is 7.70. The lowest BCUT2D eigenvalue weighted by molar-refractivity contribution is 0.0742. The van der Waals surface area contributed by atoms with Crippen LogP contribution in [0.25, 0.3) is 0 Å². The topological polar surface area (TPSA) is 66.9 Å². The van der Waals surface area contributed by atoms with Crippen LogP contribution >= 0.6 is 11.3 Å². The summed E-state index contributed by atoms with van der Waals surface area (Å²) >= 11 is 1.42. The zero-order chi connectivity index (χ0) is 19.6. The number of para-hydroxylation sites is 1. The first kappa shape index (κ1) is 17.8. The molecule has 3 heterocycles. The zero-order valence-corrected chi connectivity index (χ0v) is 16.5. The van der Waals surface area contributed by atoms with Crippen molar-refractivity contribution in [3.05, 3.63) is 59.6 Å². The maximum atomic E-state index is 12.8. The van der Waals surface area contributed by atoms with Crippen LogP contribution in [0, 0.1) is 0 Å². The van der Waals surface area contributed by atoms with E-state index in [9.17, 15) is 4.79 Å². The third kappa shape index (κ3) is 3.71. The van der Waals surface area contributed by atoms with Crippen LogP contribution in [-0.2, 0) is 0 Å². The van der Waals surface area contributed by atoms with Crippen LogP contribution in [0.3, 0.4) is 0 Å². The molecule has 0 bridgehead atoms. The average Bonchev–Trinajstić information content (AvgIpc) is 3.43. The molecule has 1 amide bonds. The van der Waals surface area contributed by atoms with Gasteiger partial charge >= 0.3 is 0 Å². The van der Waals surface area contributed by atoms with Gasteiger partial charge in [0.25, 0.3) is 5.91 Å². The summed E-state index contributed by atoms with van der Waals surface area (Å²) in [5.74, 6) is 1.42. The number of hydrogen-bond donors (Lipinski definition) is 1. The van der Waals surface area contributed by atoms with Gasteiger partial charge in [0, 0.05) is 49.0 Å². The van der Waals surface area contributed by atoms with Crippen molar-refractivity contribution in [2.45, 2.75) is 0 Å². The molecule has 0 aliphatic carbocycles. The molecule has 2 aromatic carbocycles. The van der Waals surface area contributed by atoms with Crippen LogP contribution in [0.15, 0.2) is 53.9 Å². The number of anilines is 3. The molecule has 29 heavy (non-hydrogen) atoms. The van der Waals surface area contributed by atoms with Gasteiger partial charge in [-0.15, -0.1) is 11.3 Å². The van der Waals surface area contributed by atoms with Gasteiger partial charge in [-0.1, -0.05) is 18.2 Å². The van der Waals surface area contributed by atoms with E-state index in [0.29, 0.717) is 29.7 Å². The minimum Gasteiger partial charge on any atom is -0.454 e. The number of carbonyl (C=O) groups excluding carboxylic acids is 1. The van der Waals surface area contributed by atoms with Gasteiger partial charge in [-0.2, -0.15) is 0 Å². The maximum absolute atomic E-state index is 12.8. The molecule has 3 aromatic rings. The number of aromatic nitrogens is 1. The van der Waals surface area contributed by atoms with E-state index in [1.54, 1.807) is 5.38 Å². The van der Waals surface area contributed by atoms with E-state index in [1.165, 1.54) is 17.0 Å². The Kier molecular flexibility index (Phi) is 4.69. The molecule has 1 aromatic heterocycles. The maximum Gasteiger partial charge on any atom is 0.273 e. The van der Waals surface area contributed by atoms with Gasteiger partial charge in [-0.3, -0.25) is 4.79 Å². The lowest BCUT2D eigenvalue weighted by Crippen LogP contribution is -2.48. The Labute approximate surface area is 172 Å². The molecule has 2 aliphatic rings. The summed E-state index contributed by atoms with van der Waals surface area (Å²) < 4.78 is 10.7. The fraction of sp³-hybridized carbons (Fsp3) is 0.238. The van der Waals surface area contributed by atoms with E-state index < -0.39 is 0 Å². The molecule has 0 atom stereocenters. The highest BCUT2D eigenvalue weighted by atomic mass is 32.1. The van der Waals surface area contributed by atoms with Crippen LogP contribution in [0.2, 0.25) is 0 Å². The molecule has 5 rings (SSSR count). The van der Waals surface area contributed by atoms with Crippen molar-refractivity contribution in [1.29, 1.82) is 0 Å². The smallest absolute Gasteiger partial charge is 0.273 e. The van der Waals surface area contributed by atoms with Gasteiger partial charge in [-0.25, -0.2) is 4.98 Å². The summed E-state index contributed by atoms with van der Waals surface area (Å²) in [6, 6.07) is 15.9. The van der Waals surface area contributed by atoms with Gasteiger partial charge in [0.2, 0.25) is 6.79 Å². The Morgan fingerprint density at radius 3 is 2.62 bits per heavy atom. The number of fused-ring (bicyclic) bond motifs is 1. The van der Waals surface area contributed by atoms with Gasteiger partial charge in [-0.05, 0) is 24.3 Å². The number of benzene rings is 2. The number of amides is 1. The number of ether oxygens (including phenoxy) is 2. The Hall–Kier alpha value is -3.26. The first-order chi connectivity index (χ1) is 14.3. The third-order valence-electron chi connectivity index (χ3n) is 5.04. The molecule has 7 nitrogen and oxygen atoms in total.